The molecular weight excluding hydrogens is 834 g/mol. The smallest absolute Gasteiger partial charge is 0.340 e. The lowest BCUT2D eigenvalue weighted by molar-refractivity contribution is -0.386. The lowest BCUT2D eigenvalue weighted by Crippen LogP contribution is -2.89. The number of nitrogens with zero attached hydrogens (tertiary/aromatic N) is 1. The maximum Gasteiger partial charge on any atom is 0.340 e. The lowest BCUT2D eigenvalue weighted by atomic mass is 9.45. The molecule has 2 aromatic rings. The summed E-state index contributed by atoms with van der Waals surface area (Å²) in [5.41, 5.74) is -13.8. The van der Waals surface area contributed by atoms with Gasteiger partial charge in [0.1, 0.15) is 42.0 Å². The summed E-state index contributed by atoms with van der Waals surface area (Å²) in [4.78, 5) is 114. The standard InChI is InChI=1S/C43H49NO19/c1-20-29-27(16-13-17-44-29)37(51)56-18-39(7)28-30(57-22(3)46)34(59-24(5)48)42(19-55-21(2)45)35(60-25(6)49)31(61-36(50)26-14-11-10-12-15-26)33(62-38(52)40(20,8)53)41(9,54)43(42,63-39)32(28)58-23(4)47/h10-17,20,28,30-35,53-54H,18-19H2,1-9H3/t20?,28?,30?,31?,32?,33?,34?,35?,39-,40?,41-,42+,43-/m0/s1. The van der Waals surface area contributed by atoms with Gasteiger partial charge in [0, 0.05) is 46.7 Å². The van der Waals surface area contributed by atoms with Crippen molar-refractivity contribution in [3.05, 3.63) is 65.5 Å². The van der Waals surface area contributed by atoms with E-state index in [1.807, 2.05) is 0 Å². The molecule has 13 atom stereocenters. The quantitative estimate of drug-likeness (QED) is 0.280. The van der Waals surface area contributed by atoms with Crippen molar-refractivity contribution in [1.29, 1.82) is 0 Å². The SMILES string of the molecule is CC(=O)OC[C@@]12C(OC(C)=O)C(OC(=O)c3ccccc3)C3OC(=O)C(C)(O)C(C)c4ncccc4C(=O)OC[C@]4(C)O[C@@]1(C(OC(C)=O)C4C(OC(C)=O)C2OC(C)=O)[C@@]3(C)O. The van der Waals surface area contributed by atoms with E-state index < -0.39 is 137 Å². The first-order valence-corrected chi connectivity index (χ1v) is 19.9. The zero-order valence-electron chi connectivity index (χ0n) is 35.9. The van der Waals surface area contributed by atoms with Crippen LogP contribution in [0.3, 0.4) is 0 Å². The van der Waals surface area contributed by atoms with Crippen LogP contribution in [0, 0.1) is 11.3 Å². The average molecular weight is 884 g/mol. The second kappa shape index (κ2) is 16.6. The van der Waals surface area contributed by atoms with Gasteiger partial charge < -0.3 is 52.8 Å². The maximum atomic E-state index is 14.7. The van der Waals surface area contributed by atoms with Gasteiger partial charge in [-0.2, -0.15) is 0 Å². The van der Waals surface area contributed by atoms with Gasteiger partial charge >= 0.3 is 47.8 Å². The number of pyridine rings is 1. The third kappa shape index (κ3) is 7.56. The van der Waals surface area contributed by atoms with Crippen LogP contribution in [0.4, 0.5) is 0 Å². The number of fused-ring (bicyclic) bond motifs is 5. The minimum absolute atomic E-state index is 0.106. The molecule has 0 radical (unpaired) electrons. The van der Waals surface area contributed by atoms with Gasteiger partial charge in [-0.1, -0.05) is 25.1 Å². The molecular formula is C43H49NO19. The summed E-state index contributed by atoms with van der Waals surface area (Å²) in [5.74, 6) is -12.1. The molecule has 4 aliphatic rings. The zero-order valence-corrected chi connectivity index (χ0v) is 35.9. The van der Waals surface area contributed by atoms with Crippen molar-refractivity contribution in [2.24, 2.45) is 11.3 Å². The van der Waals surface area contributed by atoms with Crippen molar-refractivity contribution < 1.29 is 91.2 Å². The predicted molar refractivity (Wildman–Crippen MR) is 207 cm³/mol. The molecule has 2 saturated carbocycles. The molecule has 1 aromatic carbocycles. The number of hydrogen-bond donors (Lipinski definition) is 2. The molecule has 20 nitrogen and oxygen atoms in total. The number of aliphatic hydroxyl groups is 2. The summed E-state index contributed by atoms with van der Waals surface area (Å²) in [6, 6.07) is 9.99. The fourth-order valence-corrected chi connectivity index (χ4v) is 9.81. The highest BCUT2D eigenvalue weighted by Gasteiger charge is 2.92. The first-order chi connectivity index (χ1) is 29.4. The maximum absolute atomic E-state index is 14.7. The van der Waals surface area contributed by atoms with E-state index in [1.54, 1.807) is 6.07 Å². The van der Waals surface area contributed by atoms with Crippen molar-refractivity contribution in [3.63, 3.8) is 0 Å². The Morgan fingerprint density at radius 1 is 0.746 bits per heavy atom. The number of cyclic esters (lactones) is 1. The number of hydrogen-bond acceptors (Lipinski definition) is 20. The molecule has 3 fully saturated rings. The number of aromatic nitrogens is 1. The molecule has 4 bridgehead atoms. The molecule has 3 heterocycles. The molecule has 6 rings (SSSR count). The van der Waals surface area contributed by atoms with E-state index in [2.05, 4.69) is 4.98 Å². The largest absolute Gasteiger partial charge is 0.465 e. The third-order valence-electron chi connectivity index (χ3n) is 12.5. The Labute approximate surface area is 360 Å². The van der Waals surface area contributed by atoms with Gasteiger partial charge in [-0.3, -0.25) is 29.0 Å². The van der Waals surface area contributed by atoms with Crippen LogP contribution in [0.5, 0.6) is 0 Å². The van der Waals surface area contributed by atoms with Crippen LogP contribution in [-0.2, 0) is 71.4 Å². The van der Waals surface area contributed by atoms with Crippen molar-refractivity contribution in [2.75, 3.05) is 13.2 Å². The van der Waals surface area contributed by atoms with Crippen LogP contribution >= 0.6 is 0 Å². The molecule has 1 aromatic heterocycles. The van der Waals surface area contributed by atoms with Crippen LogP contribution in [0.2, 0.25) is 0 Å². The van der Waals surface area contributed by atoms with Gasteiger partial charge in [-0.25, -0.2) is 14.4 Å². The molecule has 340 valence electrons. The predicted octanol–water partition coefficient (Wildman–Crippen LogP) is 1.44. The van der Waals surface area contributed by atoms with E-state index in [0.717, 1.165) is 48.5 Å². The summed E-state index contributed by atoms with van der Waals surface area (Å²) in [6.07, 6.45) is -11.5. The van der Waals surface area contributed by atoms with Gasteiger partial charge in [0.25, 0.3) is 0 Å². The molecule has 1 spiro atoms. The lowest BCUT2D eigenvalue weighted by Gasteiger charge is -2.67. The Hall–Kier alpha value is -5.99. The number of rotatable bonds is 8. The number of carbonyl (C=O) groups is 8. The number of carbonyl (C=O) groups excluding carboxylic acids is 8. The molecule has 2 aliphatic heterocycles. The first-order valence-electron chi connectivity index (χ1n) is 19.9. The highest BCUT2D eigenvalue weighted by atomic mass is 16.7. The Bertz CT molecular complexity index is 2210. The van der Waals surface area contributed by atoms with Crippen molar-refractivity contribution >= 4 is 47.8 Å². The van der Waals surface area contributed by atoms with Gasteiger partial charge in [-0.15, -0.1) is 0 Å². The van der Waals surface area contributed by atoms with E-state index in [9.17, 15) is 48.6 Å². The molecule has 2 N–H and O–H groups in total. The van der Waals surface area contributed by atoms with Gasteiger partial charge in [0.15, 0.2) is 35.6 Å². The number of ether oxygens (including phenoxy) is 9. The first kappa shape index (κ1) is 46.5. The van der Waals surface area contributed by atoms with Crippen LogP contribution in [-0.4, -0.2) is 135 Å². The molecule has 20 heteroatoms. The molecule has 0 amide bonds. The van der Waals surface area contributed by atoms with Crippen LogP contribution in [0.1, 0.15) is 94.6 Å². The third-order valence-corrected chi connectivity index (χ3v) is 12.5. The summed E-state index contributed by atoms with van der Waals surface area (Å²) in [6.45, 7) is 7.64. The molecule has 1 saturated heterocycles. The van der Waals surface area contributed by atoms with Crippen molar-refractivity contribution in [3.8, 4) is 0 Å². The summed E-state index contributed by atoms with van der Waals surface area (Å²) >= 11 is 0. The zero-order chi connectivity index (χ0) is 46.6. The van der Waals surface area contributed by atoms with Crippen molar-refractivity contribution in [1.82, 2.24) is 4.98 Å². The second-order valence-electron chi connectivity index (χ2n) is 16.8. The van der Waals surface area contributed by atoms with Crippen LogP contribution in [0.15, 0.2) is 48.7 Å². The molecule has 2 aliphatic carbocycles. The monoisotopic (exact) mass is 883 g/mol. The fraction of sp³-hybridized carbons (Fsp3) is 0.558. The van der Waals surface area contributed by atoms with Gasteiger partial charge in [0.05, 0.1) is 22.7 Å². The Morgan fingerprint density at radius 2 is 1.32 bits per heavy atom. The number of esters is 8. The van der Waals surface area contributed by atoms with E-state index in [0.29, 0.717) is 0 Å². The molecule has 9 unspecified atom stereocenters. The molecule has 63 heavy (non-hydrogen) atoms. The topological polar surface area (TPSA) is 273 Å². The Balaban J connectivity index is 1.81. The van der Waals surface area contributed by atoms with Crippen molar-refractivity contribution in [2.45, 2.75) is 127 Å². The minimum Gasteiger partial charge on any atom is -0.465 e. The Morgan fingerprint density at radius 3 is 1.89 bits per heavy atom. The normalized spacial score (nSPS) is 36.8. The van der Waals surface area contributed by atoms with E-state index in [1.165, 1.54) is 56.4 Å². The minimum atomic E-state index is -3.00. The average Bonchev–Trinajstić information content (AvgIpc) is 3.42. The second-order valence-corrected chi connectivity index (χ2v) is 16.8. The summed E-state index contributed by atoms with van der Waals surface area (Å²) in [5, 5.41) is 25.7. The van der Waals surface area contributed by atoms with Gasteiger partial charge in [-0.05, 0) is 45.0 Å². The Kier molecular flexibility index (Phi) is 12.3. The van der Waals surface area contributed by atoms with E-state index in [-0.39, 0.29) is 16.8 Å². The van der Waals surface area contributed by atoms with E-state index in [4.69, 9.17) is 42.6 Å². The summed E-state index contributed by atoms with van der Waals surface area (Å²) < 4.78 is 55.0. The van der Waals surface area contributed by atoms with E-state index >= 15 is 0 Å². The van der Waals surface area contributed by atoms with Gasteiger partial charge in [0.2, 0.25) is 0 Å². The fourth-order valence-electron chi connectivity index (χ4n) is 9.81. The van der Waals surface area contributed by atoms with Crippen LogP contribution in [0.25, 0.3) is 0 Å². The summed E-state index contributed by atoms with van der Waals surface area (Å²) in [7, 11) is 0. The number of benzene rings is 1. The highest BCUT2D eigenvalue weighted by molar-refractivity contribution is 5.92. The highest BCUT2D eigenvalue weighted by Crippen LogP contribution is 2.70. The van der Waals surface area contributed by atoms with Crippen LogP contribution < -0.4 is 0 Å².